The number of rotatable bonds is 12. The minimum absolute atomic E-state index is 0. The molecule has 156 valence electrons. The minimum atomic E-state index is -0.788. The Bertz CT molecular complexity index is 780. The van der Waals surface area contributed by atoms with Crippen LogP contribution in [0.15, 0.2) is 36.4 Å². The molecule has 0 fully saturated rings. The molecule has 2 N–H and O–H groups in total. The van der Waals surface area contributed by atoms with Crippen LogP contribution in [0, 0.1) is 0 Å². The molecule has 2 aromatic rings. The maximum atomic E-state index is 10.9. The van der Waals surface area contributed by atoms with Crippen LogP contribution in [0.3, 0.4) is 0 Å². The summed E-state index contributed by atoms with van der Waals surface area (Å²) in [5.74, 6) is 0.955. The number of phenols is 1. The molecule has 0 atom stereocenters. The third kappa shape index (κ3) is 9.63. The molecule has 7 heteroatoms. The van der Waals surface area contributed by atoms with E-state index in [2.05, 4.69) is 13.8 Å². The predicted octanol–water partition coefficient (Wildman–Crippen LogP) is 3.48. The number of carbonyl (C=O) groups is 1. The van der Waals surface area contributed by atoms with E-state index in [1.165, 1.54) is 0 Å². The Hall–Kier alpha value is -0.690. The van der Waals surface area contributed by atoms with Crippen molar-refractivity contribution in [2.75, 3.05) is 13.2 Å². The van der Waals surface area contributed by atoms with E-state index in [1.807, 2.05) is 24.3 Å². The van der Waals surface area contributed by atoms with Gasteiger partial charge in [-0.3, -0.25) is 4.79 Å². The van der Waals surface area contributed by atoms with Crippen LogP contribution in [0.5, 0.6) is 17.2 Å². The number of hydrogen-bond acceptors (Lipinski definition) is 4. The van der Waals surface area contributed by atoms with Crippen molar-refractivity contribution in [2.45, 2.75) is 52.4 Å². The number of aryl methyl sites for hydroxylation is 2. The van der Waals surface area contributed by atoms with Gasteiger partial charge in [-0.15, -0.1) is 0 Å². The van der Waals surface area contributed by atoms with E-state index in [9.17, 15) is 9.90 Å². The molecule has 0 radical (unpaired) electrons. The number of hydrogen-bond donors (Lipinski definition) is 2. The molecule has 0 aliphatic heterocycles. The van der Waals surface area contributed by atoms with Gasteiger partial charge in [0.2, 0.25) is 0 Å². The molecule has 2 rings (SSSR count). The van der Waals surface area contributed by atoms with Gasteiger partial charge in [0.1, 0.15) is 17.2 Å². The number of ether oxygens (including phenoxy) is 2. The van der Waals surface area contributed by atoms with Crippen molar-refractivity contribution in [3.05, 3.63) is 53.1 Å². The van der Waals surface area contributed by atoms with Gasteiger partial charge in [-0.2, -0.15) is 0 Å². The molecule has 0 heterocycles. The van der Waals surface area contributed by atoms with Crippen molar-refractivity contribution in [1.82, 2.24) is 0 Å². The summed E-state index contributed by atoms with van der Waals surface area (Å²) < 4.78 is 11.8. The zero-order valence-corrected chi connectivity index (χ0v) is 16.7. The second-order valence-corrected chi connectivity index (χ2v) is 6.73. The summed E-state index contributed by atoms with van der Waals surface area (Å²) in [4.78, 5) is 10.9. The second-order valence-electron chi connectivity index (χ2n) is 6.73. The van der Waals surface area contributed by atoms with Crippen LogP contribution in [0.2, 0.25) is 0 Å². The third-order valence-electron chi connectivity index (χ3n) is 4.57. The fraction of sp³-hybridized carbons (Fsp3) is 0.435. The summed E-state index contributed by atoms with van der Waals surface area (Å²) in [6, 6.07) is 11.0. The van der Waals surface area contributed by atoms with Gasteiger partial charge in [0.05, 0.1) is 13.2 Å². The van der Waals surface area contributed by atoms with Crippen LogP contribution in [0.1, 0.15) is 49.8 Å². The number of aromatic hydroxyl groups is 1. The number of carboxylic acids is 1. The fourth-order valence-corrected chi connectivity index (χ4v) is 3.15. The Kier molecular flexibility index (Phi) is 15.6. The van der Waals surface area contributed by atoms with E-state index in [0.29, 0.717) is 31.8 Å². The zero-order chi connectivity index (χ0) is 20.4. The fourth-order valence-electron chi connectivity index (χ4n) is 3.15. The Morgan fingerprint density at radius 3 is 2.27 bits per heavy atom. The van der Waals surface area contributed by atoms with Crippen molar-refractivity contribution < 1.29 is 24.5 Å². The van der Waals surface area contributed by atoms with Crippen molar-refractivity contribution in [1.29, 1.82) is 0 Å². The Balaban J connectivity index is 0.00000420. The summed E-state index contributed by atoms with van der Waals surface area (Å²) in [6.07, 6.45) is 4.03. The number of phenolic OH excluding ortho intramolecular Hbond substituents is 1. The first kappa shape index (κ1) is 29.3. The summed E-state index contributed by atoms with van der Waals surface area (Å²) in [7, 11) is 0. The van der Waals surface area contributed by atoms with Gasteiger partial charge >= 0.3 is 65.1 Å². The van der Waals surface area contributed by atoms with Crippen molar-refractivity contribution >= 4 is 65.1 Å². The zero-order valence-electron chi connectivity index (χ0n) is 16.7. The second kappa shape index (κ2) is 16.0. The van der Waals surface area contributed by atoms with Crippen LogP contribution < -0.4 is 9.47 Å². The molecular weight excluding hydrogens is 402 g/mol. The molecule has 0 aliphatic rings. The standard InChI is InChI=1S/C23H30O5.2Na.2H/c1-3-7-20-18(11-13-23(25)26)8-5-9-21(20)27-14-6-15-28-22-16-19(24)12-10-17(22)4-2;;;;/h5,8-10,12,16,24H,3-4,6-7,11,13-15H2,1-2H3,(H,25,26);;;;. The van der Waals surface area contributed by atoms with Gasteiger partial charge in [0.15, 0.2) is 0 Å². The monoisotopic (exact) mass is 434 g/mol. The molecule has 2 aromatic carbocycles. The van der Waals surface area contributed by atoms with Crippen LogP contribution in [0.4, 0.5) is 0 Å². The molecule has 0 saturated carbocycles. The molecule has 0 unspecified atom stereocenters. The first-order valence-electron chi connectivity index (χ1n) is 9.95. The van der Waals surface area contributed by atoms with E-state index < -0.39 is 5.97 Å². The molecule has 0 amide bonds. The number of carboxylic acid groups (broad SMARTS) is 1. The molecule has 0 bridgehead atoms. The van der Waals surface area contributed by atoms with Crippen LogP contribution in [-0.2, 0) is 24.1 Å². The predicted molar refractivity (Wildman–Crippen MR) is 124 cm³/mol. The van der Waals surface area contributed by atoms with Gasteiger partial charge in [-0.05, 0) is 48.1 Å². The molecular formula is C23H32Na2O5. The van der Waals surface area contributed by atoms with E-state index in [1.54, 1.807) is 12.1 Å². The van der Waals surface area contributed by atoms with Gasteiger partial charge in [0, 0.05) is 18.9 Å². The molecule has 0 spiro atoms. The first-order chi connectivity index (χ1) is 13.5. The molecule has 30 heavy (non-hydrogen) atoms. The van der Waals surface area contributed by atoms with Gasteiger partial charge < -0.3 is 19.7 Å². The quantitative estimate of drug-likeness (QED) is 0.395. The number of benzene rings is 2. The first-order valence-corrected chi connectivity index (χ1v) is 9.95. The average Bonchev–Trinajstić information content (AvgIpc) is 2.68. The van der Waals surface area contributed by atoms with E-state index in [0.717, 1.165) is 41.7 Å². The summed E-state index contributed by atoms with van der Waals surface area (Å²) in [6.45, 7) is 5.17. The van der Waals surface area contributed by atoms with Crippen LogP contribution in [0.25, 0.3) is 0 Å². The maximum absolute atomic E-state index is 10.9. The Morgan fingerprint density at radius 1 is 0.933 bits per heavy atom. The normalized spacial score (nSPS) is 9.93. The Labute approximate surface area is 223 Å². The van der Waals surface area contributed by atoms with E-state index in [-0.39, 0.29) is 71.3 Å². The van der Waals surface area contributed by atoms with Crippen LogP contribution >= 0.6 is 0 Å². The van der Waals surface area contributed by atoms with E-state index >= 15 is 0 Å². The molecule has 5 nitrogen and oxygen atoms in total. The average molecular weight is 434 g/mol. The van der Waals surface area contributed by atoms with E-state index in [4.69, 9.17) is 14.6 Å². The molecule has 0 aliphatic carbocycles. The molecule has 0 saturated heterocycles. The third-order valence-corrected chi connectivity index (χ3v) is 4.57. The number of aliphatic carboxylic acids is 1. The van der Waals surface area contributed by atoms with Gasteiger partial charge in [-0.1, -0.05) is 38.5 Å². The molecule has 0 aromatic heterocycles. The van der Waals surface area contributed by atoms with Gasteiger partial charge in [-0.25, -0.2) is 0 Å². The van der Waals surface area contributed by atoms with Gasteiger partial charge in [0.25, 0.3) is 0 Å². The summed E-state index contributed by atoms with van der Waals surface area (Å²) >= 11 is 0. The van der Waals surface area contributed by atoms with Crippen LogP contribution in [-0.4, -0.2) is 88.5 Å². The summed E-state index contributed by atoms with van der Waals surface area (Å²) in [5, 5.41) is 18.6. The van der Waals surface area contributed by atoms with Crippen molar-refractivity contribution in [2.24, 2.45) is 0 Å². The summed E-state index contributed by atoms with van der Waals surface area (Å²) in [5.41, 5.74) is 3.22. The van der Waals surface area contributed by atoms with Crippen molar-refractivity contribution in [3.63, 3.8) is 0 Å². The Morgan fingerprint density at radius 2 is 1.63 bits per heavy atom. The topological polar surface area (TPSA) is 76.0 Å². The SMILES string of the molecule is CCCc1c(CCC(=O)O)cccc1OCCCOc1cc(O)ccc1CC.[NaH].[NaH]. The van der Waals surface area contributed by atoms with Crippen molar-refractivity contribution in [3.8, 4) is 17.2 Å².